The van der Waals surface area contributed by atoms with Crippen LogP contribution in [0, 0.1) is 5.92 Å². The van der Waals surface area contributed by atoms with Crippen molar-refractivity contribution >= 4 is 5.97 Å². The van der Waals surface area contributed by atoms with Gasteiger partial charge in [-0.15, -0.1) is 0 Å². The van der Waals surface area contributed by atoms with E-state index < -0.39 is 5.97 Å². The number of carbonyl (C=O) groups is 1. The molecule has 0 aromatic heterocycles. The molecule has 3 heteroatoms. The SMILES string of the molecule is CC(CC1CCC1)N1Cc2ccccc2C(C(=O)O)C1. The van der Waals surface area contributed by atoms with Gasteiger partial charge in [0.05, 0.1) is 5.92 Å². The summed E-state index contributed by atoms with van der Waals surface area (Å²) in [5, 5.41) is 9.50. The highest BCUT2D eigenvalue weighted by Crippen LogP contribution is 2.34. The van der Waals surface area contributed by atoms with Crippen LogP contribution in [0.15, 0.2) is 24.3 Å². The number of hydrogen-bond donors (Lipinski definition) is 1. The van der Waals surface area contributed by atoms with Crippen molar-refractivity contribution in [1.29, 1.82) is 0 Å². The highest BCUT2D eigenvalue weighted by Gasteiger charge is 2.33. The minimum absolute atomic E-state index is 0.371. The fourth-order valence-corrected chi connectivity index (χ4v) is 3.54. The van der Waals surface area contributed by atoms with Crippen LogP contribution in [0.1, 0.15) is 49.7 Å². The Labute approximate surface area is 120 Å². The van der Waals surface area contributed by atoms with E-state index in [0.29, 0.717) is 12.6 Å². The van der Waals surface area contributed by atoms with Gasteiger partial charge in [-0.2, -0.15) is 0 Å². The van der Waals surface area contributed by atoms with Crippen molar-refractivity contribution in [2.24, 2.45) is 5.92 Å². The van der Waals surface area contributed by atoms with Crippen molar-refractivity contribution in [2.75, 3.05) is 6.54 Å². The molecule has 1 aliphatic carbocycles. The number of fused-ring (bicyclic) bond motifs is 1. The van der Waals surface area contributed by atoms with E-state index in [2.05, 4.69) is 17.9 Å². The molecule has 1 aromatic carbocycles. The minimum atomic E-state index is -0.696. The molecule has 1 heterocycles. The van der Waals surface area contributed by atoms with Crippen LogP contribution in [0.3, 0.4) is 0 Å². The lowest BCUT2D eigenvalue weighted by atomic mass is 9.80. The Bertz CT molecular complexity index is 496. The van der Waals surface area contributed by atoms with Crippen LogP contribution < -0.4 is 0 Å². The largest absolute Gasteiger partial charge is 0.481 e. The third-order valence-electron chi connectivity index (χ3n) is 5.04. The Morgan fingerprint density at radius 3 is 2.80 bits per heavy atom. The molecule has 1 N–H and O–H groups in total. The topological polar surface area (TPSA) is 40.5 Å². The van der Waals surface area contributed by atoms with Crippen LogP contribution in [-0.4, -0.2) is 28.6 Å². The number of carboxylic acids is 1. The third kappa shape index (κ3) is 2.59. The van der Waals surface area contributed by atoms with E-state index in [4.69, 9.17) is 0 Å². The highest BCUT2D eigenvalue weighted by molar-refractivity contribution is 5.77. The van der Waals surface area contributed by atoms with Gasteiger partial charge >= 0.3 is 5.97 Å². The molecule has 0 saturated heterocycles. The Balaban J connectivity index is 1.76. The third-order valence-corrected chi connectivity index (χ3v) is 5.04. The summed E-state index contributed by atoms with van der Waals surface area (Å²) in [7, 11) is 0. The van der Waals surface area contributed by atoms with Crippen LogP contribution >= 0.6 is 0 Å². The normalized spacial score (nSPS) is 24.8. The monoisotopic (exact) mass is 273 g/mol. The standard InChI is InChI=1S/C17H23NO2/c1-12(9-13-5-4-6-13)18-10-14-7-2-3-8-15(14)16(11-18)17(19)20/h2-3,7-8,12-13,16H,4-6,9-11H2,1H3,(H,19,20). The average molecular weight is 273 g/mol. The zero-order valence-electron chi connectivity index (χ0n) is 12.1. The number of hydrogen-bond acceptors (Lipinski definition) is 2. The lowest BCUT2D eigenvalue weighted by molar-refractivity contribution is -0.139. The summed E-state index contributed by atoms with van der Waals surface area (Å²) in [6, 6.07) is 8.49. The van der Waals surface area contributed by atoms with Gasteiger partial charge in [-0.05, 0) is 30.4 Å². The second-order valence-corrected chi connectivity index (χ2v) is 6.40. The molecule has 1 fully saturated rings. The summed E-state index contributed by atoms with van der Waals surface area (Å²) >= 11 is 0. The Hall–Kier alpha value is -1.35. The van der Waals surface area contributed by atoms with E-state index in [9.17, 15) is 9.90 Å². The number of carboxylic acid groups (broad SMARTS) is 1. The van der Waals surface area contributed by atoms with Crippen LogP contribution in [0.5, 0.6) is 0 Å². The van der Waals surface area contributed by atoms with Crippen molar-refractivity contribution in [1.82, 2.24) is 4.90 Å². The van der Waals surface area contributed by atoms with Gasteiger partial charge in [0, 0.05) is 19.1 Å². The molecule has 0 spiro atoms. The molecule has 1 aliphatic heterocycles. The maximum Gasteiger partial charge on any atom is 0.312 e. The van der Waals surface area contributed by atoms with E-state index in [0.717, 1.165) is 18.0 Å². The molecule has 2 aliphatic rings. The first-order valence-electron chi connectivity index (χ1n) is 7.70. The maximum absolute atomic E-state index is 11.5. The summed E-state index contributed by atoms with van der Waals surface area (Å²) < 4.78 is 0. The van der Waals surface area contributed by atoms with Gasteiger partial charge in [0.1, 0.15) is 0 Å². The second-order valence-electron chi connectivity index (χ2n) is 6.40. The Morgan fingerprint density at radius 2 is 2.15 bits per heavy atom. The molecule has 108 valence electrons. The molecule has 0 radical (unpaired) electrons. The van der Waals surface area contributed by atoms with E-state index in [1.165, 1.54) is 31.2 Å². The first-order chi connectivity index (χ1) is 9.65. The molecular weight excluding hydrogens is 250 g/mol. The fraction of sp³-hybridized carbons (Fsp3) is 0.588. The predicted molar refractivity (Wildman–Crippen MR) is 78.6 cm³/mol. The summed E-state index contributed by atoms with van der Waals surface area (Å²) in [4.78, 5) is 13.9. The van der Waals surface area contributed by atoms with Gasteiger partial charge in [0.15, 0.2) is 0 Å². The van der Waals surface area contributed by atoms with E-state index in [1.54, 1.807) is 0 Å². The quantitative estimate of drug-likeness (QED) is 0.915. The van der Waals surface area contributed by atoms with Crippen LogP contribution in [0.25, 0.3) is 0 Å². The highest BCUT2D eigenvalue weighted by atomic mass is 16.4. The van der Waals surface area contributed by atoms with Gasteiger partial charge < -0.3 is 5.11 Å². The number of benzene rings is 1. The fourth-order valence-electron chi connectivity index (χ4n) is 3.54. The molecule has 0 amide bonds. The first kappa shape index (κ1) is 13.6. The van der Waals surface area contributed by atoms with E-state index in [-0.39, 0.29) is 5.92 Å². The van der Waals surface area contributed by atoms with Crippen molar-refractivity contribution in [3.8, 4) is 0 Å². The maximum atomic E-state index is 11.5. The van der Waals surface area contributed by atoms with Crippen molar-refractivity contribution in [3.05, 3.63) is 35.4 Å². The summed E-state index contributed by atoms with van der Waals surface area (Å²) in [5.74, 6) is -0.202. The lowest BCUT2D eigenvalue weighted by Gasteiger charge is -2.39. The van der Waals surface area contributed by atoms with E-state index >= 15 is 0 Å². The zero-order chi connectivity index (χ0) is 14.1. The first-order valence-corrected chi connectivity index (χ1v) is 7.70. The van der Waals surface area contributed by atoms with Gasteiger partial charge in [0.2, 0.25) is 0 Å². The van der Waals surface area contributed by atoms with Gasteiger partial charge in [-0.25, -0.2) is 0 Å². The predicted octanol–water partition coefficient (Wildman–Crippen LogP) is 3.25. The van der Waals surface area contributed by atoms with Crippen LogP contribution in [-0.2, 0) is 11.3 Å². The molecule has 1 aromatic rings. The van der Waals surface area contributed by atoms with Crippen molar-refractivity contribution < 1.29 is 9.90 Å². The molecule has 3 nitrogen and oxygen atoms in total. The smallest absolute Gasteiger partial charge is 0.312 e. The average Bonchev–Trinajstić information content (AvgIpc) is 2.41. The number of nitrogens with zero attached hydrogens (tertiary/aromatic N) is 1. The second kappa shape index (κ2) is 5.57. The summed E-state index contributed by atoms with van der Waals surface area (Å²) in [6.45, 7) is 3.80. The number of rotatable bonds is 4. The molecule has 1 saturated carbocycles. The van der Waals surface area contributed by atoms with Crippen molar-refractivity contribution in [2.45, 2.75) is 51.1 Å². The van der Waals surface area contributed by atoms with Gasteiger partial charge in [-0.1, -0.05) is 43.5 Å². The van der Waals surface area contributed by atoms with Crippen molar-refractivity contribution in [3.63, 3.8) is 0 Å². The molecule has 20 heavy (non-hydrogen) atoms. The number of aliphatic carboxylic acids is 1. The minimum Gasteiger partial charge on any atom is -0.481 e. The van der Waals surface area contributed by atoms with Gasteiger partial charge in [-0.3, -0.25) is 9.69 Å². The van der Waals surface area contributed by atoms with Crippen LogP contribution in [0.4, 0.5) is 0 Å². The zero-order valence-corrected chi connectivity index (χ0v) is 12.1. The molecular formula is C17H23NO2. The Kier molecular flexibility index (Phi) is 3.79. The summed E-state index contributed by atoms with van der Waals surface area (Å²) in [6.07, 6.45) is 5.31. The molecule has 2 atom stereocenters. The lowest BCUT2D eigenvalue weighted by Crippen LogP contribution is -2.43. The molecule has 3 rings (SSSR count). The Morgan fingerprint density at radius 1 is 1.40 bits per heavy atom. The van der Waals surface area contributed by atoms with Crippen LogP contribution in [0.2, 0.25) is 0 Å². The molecule has 2 unspecified atom stereocenters. The molecule has 0 bridgehead atoms. The van der Waals surface area contributed by atoms with Gasteiger partial charge in [0.25, 0.3) is 0 Å². The van der Waals surface area contributed by atoms with E-state index in [1.807, 2.05) is 18.2 Å². The summed E-state index contributed by atoms with van der Waals surface area (Å²) in [5.41, 5.74) is 2.19.